The summed E-state index contributed by atoms with van der Waals surface area (Å²) in [5, 5.41) is 0. The zero-order valence-electron chi connectivity index (χ0n) is 3.63. The average molecular weight is 218 g/mol. The van der Waals surface area contributed by atoms with Crippen molar-refractivity contribution in [2.24, 2.45) is 0 Å². The van der Waals surface area contributed by atoms with Crippen LogP contribution in [0.3, 0.4) is 0 Å². The molecule has 0 saturated heterocycles. The summed E-state index contributed by atoms with van der Waals surface area (Å²) in [5.74, 6) is 0. The number of hydrogen-bond acceptors (Lipinski definition) is 0. The first-order chi connectivity index (χ1) is 3.15. The monoisotopic (exact) mass is 218 g/mol. The second kappa shape index (κ2) is 1.53. The van der Waals surface area contributed by atoms with Crippen LogP contribution in [-0.2, 0) is 0 Å². The first-order valence-corrected chi connectivity index (χ1v) is 3.20. The molecule has 1 fully saturated rings. The van der Waals surface area contributed by atoms with E-state index in [1.165, 1.54) is 0 Å². The second-order valence-electron chi connectivity index (χ2n) is 1.84. The fraction of sp³-hybridized carbons (Fsp3) is 1.00. The van der Waals surface area contributed by atoms with Crippen LogP contribution in [0.2, 0.25) is 0 Å². The SMILES string of the molecule is FC(F)C1(I)CC1. The van der Waals surface area contributed by atoms with E-state index in [1.54, 1.807) is 0 Å². The van der Waals surface area contributed by atoms with E-state index in [4.69, 9.17) is 0 Å². The Balaban J connectivity index is 2.39. The average Bonchev–Trinajstić information content (AvgIpc) is 2.21. The second-order valence-corrected chi connectivity index (χ2v) is 3.98. The molecule has 1 aliphatic carbocycles. The summed E-state index contributed by atoms with van der Waals surface area (Å²) in [5.41, 5.74) is 0. The minimum atomic E-state index is -2.10. The van der Waals surface area contributed by atoms with Crippen molar-refractivity contribution in [3.63, 3.8) is 0 Å². The Bertz CT molecular complexity index is 77.8. The molecule has 0 spiro atoms. The van der Waals surface area contributed by atoms with Crippen molar-refractivity contribution in [1.82, 2.24) is 0 Å². The molecule has 0 aromatic carbocycles. The Kier molecular flexibility index (Phi) is 1.25. The first kappa shape index (κ1) is 5.72. The maximum atomic E-state index is 11.6. The van der Waals surface area contributed by atoms with Crippen molar-refractivity contribution in [1.29, 1.82) is 0 Å². The third-order valence-corrected chi connectivity index (χ3v) is 2.67. The molecular formula is C4H5F2I. The third-order valence-electron chi connectivity index (χ3n) is 1.12. The Morgan fingerprint density at radius 1 is 1.43 bits per heavy atom. The van der Waals surface area contributed by atoms with Crippen molar-refractivity contribution in [2.45, 2.75) is 22.7 Å². The molecule has 0 aromatic heterocycles. The van der Waals surface area contributed by atoms with Crippen LogP contribution in [0.5, 0.6) is 0 Å². The molecule has 0 unspecified atom stereocenters. The smallest absolute Gasteiger partial charge is 0.209 e. The van der Waals surface area contributed by atoms with Gasteiger partial charge in [-0.25, -0.2) is 8.78 Å². The summed E-state index contributed by atoms with van der Waals surface area (Å²) in [6.45, 7) is 0. The maximum Gasteiger partial charge on any atom is 0.252 e. The lowest BCUT2D eigenvalue weighted by molar-refractivity contribution is 0.143. The molecular weight excluding hydrogens is 213 g/mol. The summed E-state index contributed by atoms with van der Waals surface area (Å²) in [6.07, 6.45) is -0.704. The van der Waals surface area contributed by atoms with Gasteiger partial charge in [0.05, 0.1) is 3.42 Å². The van der Waals surface area contributed by atoms with Crippen molar-refractivity contribution in [2.75, 3.05) is 0 Å². The molecule has 0 nitrogen and oxygen atoms in total. The molecule has 1 aliphatic rings. The highest BCUT2D eigenvalue weighted by Gasteiger charge is 2.48. The number of hydrogen-bond donors (Lipinski definition) is 0. The molecule has 0 heterocycles. The van der Waals surface area contributed by atoms with Gasteiger partial charge in [-0.15, -0.1) is 0 Å². The third kappa shape index (κ3) is 1.03. The number of halogens is 3. The molecule has 0 atom stereocenters. The summed E-state index contributed by atoms with van der Waals surface area (Å²) < 4.78 is 22.6. The van der Waals surface area contributed by atoms with E-state index in [9.17, 15) is 8.78 Å². The molecule has 0 aliphatic heterocycles. The molecule has 0 aromatic rings. The minimum Gasteiger partial charge on any atom is -0.209 e. The van der Waals surface area contributed by atoms with Crippen molar-refractivity contribution in [3.05, 3.63) is 0 Å². The summed E-state index contributed by atoms with van der Waals surface area (Å²) in [6, 6.07) is 0. The largest absolute Gasteiger partial charge is 0.252 e. The Labute approximate surface area is 54.4 Å². The van der Waals surface area contributed by atoms with Crippen LogP contribution < -0.4 is 0 Å². The summed E-state index contributed by atoms with van der Waals surface area (Å²) >= 11 is 1.83. The molecule has 7 heavy (non-hydrogen) atoms. The summed E-state index contributed by atoms with van der Waals surface area (Å²) in [7, 11) is 0. The normalized spacial score (nSPS) is 25.7. The first-order valence-electron chi connectivity index (χ1n) is 2.12. The molecule has 42 valence electrons. The van der Waals surface area contributed by atoms with E-state index in [1.807, 2.05) is 22.6 Å². The maximum absolute atomic E-state index is 11.6. The van der Waals surface area contributed by atoms with E-state index >= 15 is 0 Å². The number of rotatable bonds is 1. The molecule has 0 radical (unpaired) electrons. The topological polar surface area (TPSA) is 0 Å². The lowest BCUT2D eigenvalue weighted by Gasteiger charge is -2.00. The van der Waals surface area contributed by atoms with Crippen LogP contribution in [0.15, 0.2) is 0 Å². The van der Waals surface area contributed by atoms with Crippen LogP contribution in [0.1, 0.15) is 12.8 Å². The Morgan fingerprint density at radius 3 is 1.86 bits per heavy atom. The van der Waals surface area contributed by atoms with Crippen molar-refractivity contribution < 1.29 is 8.78 Å². The lowest BCUT2D eigenvalue weighted by Crippen LogP contribution is -2.08. The van der Waals surface area contributed by atoms with Crippen LogP contribution >= 0.6 is 22.6 Å². The molecule has 1 saturated carbocycles. The van der Waals surface area contributed by atoms with Crippen molar-refractivity contribution in [3.8, 4) is 0 Å². The van der Waals surface area contributed by atoms with Gasteiger partial charge in [-0.1, -0.05) is 22.6 Å². The van der Waals surface area contributed by atoms with Crippen LogP contribution in [-0.4, -0.2) is 9.85 Å². The van der Waals surface area contributed by atoms with Crippen LogP contribution in [0.4, 0.5) is 8.78 Å². The minimum absolute atomic E-state index is 0.613. The zero-order valence-corrected chi connectivity index (χ0v) is 5.78. The van der Waals surface area contributed by atoms with Crippen molar-refractivity contribution >= 4 is 22.6 Å². The Morgan fingerprint density at radius 2 is 1.86 bits per heavy atom. The zero-order chi connectivity index (χ0) is 5.49. The van der Waals surface area contributed by atoms with Gasteiger partial charge in [0.2, 0.25) is 0 Å². The standard InChI is InChI=1S/C4H5F2I/c5-3(6)4(7)1-2-4/h3H,1-2H2. The van der Waals surface area contributed by atoms with Gasteiger partial charge in [0, 0.05) is 0 Å². The summed E-state index contributed by atoms with van der Waals surface area (Å²) in [4.78, 5) is 0. The van der Waals surface area contributed by atoms with Gasteiger partial charge < -0.3 is 0 Å². The fourth-order valence-corrected chi connectivity index (χ4v) is 0.607. The number of alkyl halides is 3. The van der Waals surface area contributed by atoms with Gasteiger partial charge >= 0.3 is 0 Å². The fourth-order valence-electron chi connectivity index (χ4n) is 0.338. The highest BCUT2D eigenvalue weighted by atomic mass is 127. The molecule has 3 heteroatoms. The van der Waals surface area contributed by atoms with Crippen LogP contribution in [0, 0.1) is 0 Å². The van der Waals surface area contributed by atoms with E-state index < -0.39 is 9.85 Å². The van der Waals surface area contributed by atoms with Gasteiger partial charge in [-0.2, -0.15) is 0 Å². The predicted octanol–water partition coefficient (Wildman–Crippen LogP) is 2.22. The molecule has 0 N–H and O–H groups in total. The quantitative estimate of drug-likeness (QED) is 0.467. The van der Waals surface area contributed by atoms with Crippen LogP contribution in [0.25, 0.3) is 0 Å². The van der Waals surface area contributed by atoms with Gasteiger partial charge in [0.1, 0.15) is 0 Å². The highest BCUT2D eigenvalue weighted by molar-refractivity contribution is 14.1. The van der Waals surface area contributed by atoms with Gasteiger partial charge in [0.25, 0.3) is 6.43 Å². The molecule has 0 bridgehead atoms. The lowest BCUT2D eigenvalue weighted by atomic mass is 10.5. The Hall–Kier alpha value is 0.590. The molecule has 0 amide bonds. The predicted molar refractivity (Wildman–Crippen MR) is 32.0 cm³/mol. The van der Waals surface area contributed by atoms with E-state index in [-0.39, 0.29) is 0 Å². The van der Waals surface area contributed by atoms with E-state index in [0.29, 0.717) is 12.8 Å². The van der Waals surface area contributed by atoms with E-state index in [0.717, 1.165) is 0 Å². The van der Waals surface area contributed by atoms with Gasteiger partial charge in [-0.05, 0) is 12.8 Å². The molecule has 1 rings (SSSR count). The highest BCUT2D eigenvalue weighted by Crippen LogP contribution is 2.49. The van der Waals surface area contributed by atoms with Gasteiger partial charge in [0.15, 0.2) is 0 Å². The van der Waals surface area contributed by atoms with Gasteiger partial charge in [-0.3, -0.25) is 0 Å². The van der Waals surface area contributed by atoms with E-state index in [2.05, 4.69) is 0 Å².